The maximum atomic E-state index is 6.09. The highest BCUT2D eigenvalue weighted by atomic mass is 35.5. The molecular weight excluding hydrogens is 388 g/mol. The van der Waals surface area contributed by atoms with Gasteiger partial charge in [-0.2, -0.15) is 0 Å². The fourth-order valence-corrected chi connectivity index (χ4v) is 3.09. The average Bonchev–Trinajstić information content (AvgIpc) is 2.53. The maximum absolute atomic E-state index is 6.09. The number of para-hydroxylation sites is 2. The molecule has 0 aromatic heterocycles. The summed E-state index contributed by atoms with van der Waals surface area (Å²) in [6.45, 7) is 2.75. The van der Waals surface area contributed by atoms with Crippen LogP contribution in [0.2, 0.25) is 20.1 Å². The van der Waals surface area contributed by atoms with Crippen molar-refractivity contribution in [3.8, 4) is 0 Å². The van der Waals surface area contributed by atoms with Crippen LogP contribution in [0.15, 0.2) is 36.4 Å². The summed E-state index contributed by atoms with van der Waals surface area (Å²) in [4.78, 5) is 2.13. The van der Waals surface area contributed by atoms with Crippen LogP contribution in [0.4, 0.5) is 11.4 Å². The number of hydrogen-bond donors (Lipinski definition) is 0. The van der Waals surface area contributed by atoms with Crippen molar-refractivity contribution in [3.63, 3.8) is 0 Å². The molecule has 0 heterocycles. The Kier molecular flexibility index (Phi) is 7.79. The first-order chi connectivity index (χ1) is 11.5. The lowest BCUT2D eigenvalue weighted by Crippen LogP contribution is -2.24. The molecule has 7 heteroatoms. The van der Waals surface area contributed by atoms with E-state index in [2.05, 4.69) is 15.5 Å². The zero-order chi connectivity index (χ0) is 17.5. The lowest BCUT2D eigenvalue weighted by molar-refractivity contribution is 0.365. The van der Waals surface area contributed by atoms with Crippen molar-refractivity contribution in [2.24, 2.45) is 0 Å². The lowest BCUT2D eigenvalue weighted by atomic mass is 10.3. The Bertz CT molecular complexity index is 581. The monoisotopic (exact) mass is 403 g/mol. The van der Waals surface area contributed by atoms with Gasteiger partial charge in [-0.1, -0.05) is 58.5 Å². The molecule has 0 bridgehead atoms. The SMILES string of the molecule is CN(CC[N-]c1c(Cl)cccc1Cl)CC[N-]c1c(Cl)cccc1Cl. The predicted molar refractivity (Wildman–Crippen MR) is 106 cm³/mol. The van der Waals surface area contributed by atoms with Crippen molar-refractivity contribution in [3.05, 3.63) is 67.1 Å². The highest BCUT2D eigenvalue weighted by Gasteiger charge is 1.98. The van der Waals surface area contributed by atoms with Crippen molar-refractivity contribution < 1.29 is 0 Å². The van der Waals surface area contributed by atoms with E-state index in [-0.39, 0.29) is 0 Å². The van der Waals surface area contributed by atoms with Crippen LogP contribution < -0.4 is 0 Å². The Morgan fingerprint density at radius 3 is 1.38 bits per heavy atom. The first-order valence-corrected chi connectivity index (χ1v) is 8.92. The second-order valence-corrected chi connectivity index (χ2v) is 6.84. The van der Waals surface area contributed by atoms with Crippen molar-refractivity contribution in [2.45, 2.75) is 0 Å². The Hall–Kier alpha value is -0.840. The minimum atomic E-state index is 0.563. The third kappa shape index (κ3) is 5.61. The maximum Gasteiger partial charge on any atom is 0.0271 e. The van der Waals surface area contributed by atoms with Gasteiger partial charge >= 0.3 is 0 Å². The van der Waals surface area contributed by atoms with E-state index in [9.17, 15) is 0 Å². The summed E-state index contributed by atoms with van der Waals surface area (Å²) in [6, 6.07) is 10.7. The molecule has 2 aromatic rings. The van der Waals surface area contributed by atoms with Gasteiger partial charge in [0.05, 0.1) is 0 Å². The first-order valence-electron chi connectivity index (χ1n) is 7.40. The van der Waals surface area contributed by atoms with E-state index in [4.69, 9.17) is 46.4 Å². The molecule has 0 saturated heterocycles. The molecule has 0 aliphatic carbocycles. The summed E-state index contributed by atoms with van der Waals surface area (Å²) in [6.07, 6.45) is 0. The summed E-state index contributed by atoms with van der Waals surface area (Å²) >= 11 is 24.4. The molecule has 0 saturated carbocycles. The Morgan fingerprint density at radius 2 is 1.04 bits per heavy atom. The molecule has 0 fully saturated rings. The van der Waals surface area contributed by atoms with Crippen molar-refractivity contribution in [2.75, 3.05) is 33.2 Å². The molecule has 24 heavy (non-hydrogen) atoms. The van der Waals surface area contributed by atoms with Crippen LogP contribution in [0.25, 0.3) is 10.6 Å². The van der Waals surface area contributed by atoms with Gasteiger partial charge < -0.3 is 15.5 Å². The third-order valence-electron chi connectivity index (χ3n) is 3.38. The van der Waals surface area contributed by atoms with E-state index < -0.39 is 0 Å². The second kappa shape index (κ2) is 9.59. The highest BCUT2D eigenvalue weighted by Crippen LogP contribution is 2.36. The Morgan fingerprint density at radius 1 is 0.708 bits per heavy atom. The van der Waals surface area contributed by atoms with Crippen molar-refractivity contribution in [1.29, 1.82) is 0 Å². The van der Waals surface area contributed by atoms with E-state index in [0.29, 0.717) is 44.6 Å². The van der Waals surface area contributed by atoms with Gasteiger partial charge in [0, 0.05) is 20.1 Å². The molecular formula is C17H17Cl4N3-2. The molecule has 0 radical (unpaired) electrons. The fraction of sp³-hybridized carbons (Fsp3) is 0.294. The van der Waals surface area contributed by atoms with E-state index >= 15 is 0 Å². The van der Waals surface area contributed by atoms with Crippen LogP contribution in [-0.2, 0) is 0 Å². The van der Waals surface area contributed by atoms with E-state index in [1.165, 1.54) is 0 Å². The van der Waals surface area contributed by atoms with Crippen molar-refractivity contribution in [1.82, 2.24) is 4.90 Å². The van der Waals surface area contributed by atoms with Gasteiger partial charge in [0.1, 0.15) is 0 Å². The van der Waals surface area contributed by atoms with E-state index in [1.807, 2.05) is 7.05 Å². The van der Waals surface area contributed by atoms with E-state index in [0.717, 1.165) is 13.1 Å². The zero-order valence-electron chi connectivity index (χ0n) is 13.1. The predicted octanol–water partition coefficient (Wildman–Crippen LogP) is 6.94. The fourth-order valence-electron chi connectivity index (χ4n) is 2.06. The molecule has 130 valence electrons. The lowest BCUT2D eigenvalue weighted by Gasteiger charge is -2.30. The summed E-state index contributed by atoms with van der Waals surface area (Å²) in [5.74, 6) is 0. The van der Waals surface area contributed by atoms with Gasteiger partial charge in [0.25, 0.3) is 0 Å². The molecule has 2 aromatic carbocycles. The van der Waals surface area contributed by atoms with E-state index in [1.54, 1.807) is 36.4 Å². The van der Waals surface area contributed by atoms with Crippen LogP contribution in [0, 0.1) is 0 Å². The molecule has 2 rings (SSSR count). The largest absolute Gasteiger partial charge is 0.681 e. The number of rotatable bonds is 8. The number of halogens is 4. The molecule has 3 nitrogen and oxygen atoms in total. The van der Waals surface area contributed by atoms with Crippen LogP contribution in [-0.4, -0.2) is 38.1 Å². The molecule has 0 unspecified atom stereocenters. The minimum absolute atomic E-state index is 0.563. The van der Waals surface area contributed by atoms with Gasteiger partial charge in [0.2, 0.25) is 0 Å². The molecule has 0 atom stereocenters. The molecule has 0 amide bonds. The molecule has 0 aliphatic heterocycles. The summed E-state index contributed by atoms with van der Waals surface area (Å²) in [7, 11) is 2.01. The van der Waals surface area contributed by atoms with Gasteiger partial charge in [-0.3, -0.25) is 0 Å². The van der Waals surface area contributed by atoms with Crippen molar-refractivity contribution >= 4 is 57.8 Å². The standard InChI is InChI=1S/C17H17Cl4N3/c1-24(10-8-22-16-12(18)4-2-5-13(16)19)11-9-23-17-14(20)6-3-7-15(17)21/h2-7H,8-11H2,1H3/q-2. The summed E-state index contributed by atoms with van der Waals surface area (Å²) in [5.41, 5.74) is 1.28. The topological polar surface area (TPSA) is 31.4 Å². The highest BCUT2D eigenvalue weighted by molar-refractivity contribution is 6.39. The molecule has 0 aliphatic rings. The zero-order valence-corrected chi connectivity index (χ0v) is 16.2. The first kappa shape index (κ1) is 19.5. The van der Waals surface area contributed by atoms with Gasteiger partial charge in [-0.25, -0.2) is 0 Å². The molecule has 0 spiro atoms. The van der Waals surface area contributed by atoms with Gasteiger partial charge in [0.15, 0.2) is 0 Å². The normalized spacial score (nSPS) is 10.9. The molecule has 0 N–H and O–H groups in total. The van der Waals surface area contributed by atoms with Gasteiger partial charge in [-0.15, -0.1) is 24.5 Å². The summed E-state index contributed by atoms with van der Waals surface area (Å²) < 4.78 is 0. The second-order valence-electron chi connectivity index (χ2n) is 5.21. The quantitative estimate of drug-likeness (QED) is 0.468. The average molecular weight is 405 g/mol. The van der Waals surface area contributed by atoms with Crippen LogP contribution in [0.3, 0.4) is 0 Å². The summed E-state index contributed by atoms with van der Waals surface area (Å²) in [5, 5.41) is 11.2. The Balaban J connectivity index is 1.73. The number of nitrogens with zero attached hydrogens (tertiary/aromatic N) is 3. The van der Waals surface area contributed by atoms with Gasteiger partial charge in [-0.05, 0) is 44.4 Å². The smallest absolute Gasteiger partial charge is 0.0271 e. The minimum Gasteiger partial charge on any atom is -0.681 e. The van der Waals surface area contributed by atoms with Crippen LogP contribution >= 0.6 is 46.4 Å². The third-order valence-corrected chi connectivity index (χ3v) is 4.60. The number of likely N-dealkylation sites (N-methyl/N-ethyl adjacent to an activating group) is 1. The van der Waals surface area contributed by atoms with Crippen LogP contribution in [0.5, 0.6) is 0 Å². The number of hydrogen-bond acceptors (Lipinski definition) is 1. The Labute approximate surface area is 162 Å². The van der Waals surface area contributed by atoms with Crippen LogP contribution in [0.1, 0.15) is 0 Å². The number of benzene rings is 2.